The van der Waals surface area contributed by atoms with E-state index in [1.807, 2.05) is 39.2 Å². The molecule has 0 bridgehead atoms. The minimum atomic E-state index is 0.688. The van der Waals surface area contributed by atoms with Gasteiger partial charge in [-0.3, -0.25) is 4.98 Å². The van der Waals surface area contributed by atoms with Crippen LogP contribution in [0.1, 0.15) is 11.3 Å². The fourth-order valence-corrected chi connectivity index (χ4v) is 2.42. The first-order valence-electron chi connectivity index (χ1n) is 7.88. The van der Waals surface area contributed by atoms with Gasteiger partial charge < -0.3 is 10.2 Å². The maximum atomic E-state index is 4.60. The molecule has 1 aromatic carbocycles. The Bertz CT molecular complexity index is 815. The molecule has 5 heteroatoms. The molecule has 0 aliphatic carbocycles. The topological polar surface area (TPSA) is 53.9 Å². The minimum absolute atomic E-state index is 0.688. The molecule has 0 unspecified atom stereocenters. The van der Waals surface area contributed by atoms with Gasteiger partial charge in [0.25, 0.3) is 0 Å². The van der Waals surface area contributed by atoms with Crippen LogP contribution in [0.4, 0.5) is 11.5 Å². The maximum Gasteiger partial charge on any atom is 0.163 e. The number of rotatable bonds is 5. The monoisotopic (exact) mass is 319 g/mol. The second-order valence-corrected chi connectivity index (χ2v) is 5.88. The van der Waals surface area contributed by atoms with Crippen LogP contribution in [0.2, 0.25) is 0 Å². The van der Waals surface area contributed by atoms with E-state index in [9.17, 15) is 0 Å². The molecule has 5 nitrogen and oxygen atoms in total. The fourth-order valence-electron chi connectivity index (χ4n) is 2.42. The van der Waals surface area contributed by atoms with Crippen molar-refractivity contribution in [3.63, 3.8) is 0 Å². The van der Waals surface area contributed by atoms with E-state index < -0.39 is 0 Å². The first kappa shape index (κ1) is 15.9. The predicted molar refractivity (Wildman–Crippen MR) is 98.1 cm³/mol. The Morgan fingerprint density at radius 3 is 2.67 bits per heavy atom. The van der Waals surface area contributed by atoms with E-state index in [0.29, 0.717) is 12.4 Å². The zero-order valence-electron chi connectivity index (χ0n) is 14.2. The Balaban J connectivity index is 1.78. The van der Waals surface area contributed by atoms with Crippen LogP contribution in [0.3, 0.4) is 0 Å². The minimum Gasteiger partial charge on any atom is -0.378 e. The van der Waals surface area contributed by atoms with Crippen molar-refractivity contribution < 1.29 is 0 Å². The summed E-state index contributed by atoms with van der Waals surface area (Å²) in [4.78, 5) is 15.3. The number of hydrogen-bond acceptors (Lipinski definition) is 5. The van der Waals surface area contributed by atoms with Gasteiger partial charge in [0, 0.05) is 56.0 Å². The standard InChI is InChI=1S/C19H21N5/c1-14-10-18(23-19(22-14)16-7-5-9-20-13-16)21-12-15-6-4-8-17(11-15)24(2)3/h4-11,13H,12H2,1-3H3,(H,21,22,23). The van der Waals surface area contributed by atoms with Crippen molar-refractivity contribution in [2.45, 2.75) is 13.5 Å². The summed E-state index contributed by atoms with van der Waals surface area (Å²) < 4.78 is 0. The van der Waals surface area contributed by atoms with Gasteiger partial charge >= 0.3 is 0 Å². The summed E-state index contributed by atoms with van der Waals surface area (Å²) in [7, 11) is 4.08. The average Bonchev–Trinajstić information content (AvgIpc) is 2.60. The van der Waals surface area contributed by atoms with Gasteiger partial charge in [0.05, 0.1) is 0 Å². The molecule has 2 aromatic heterocycles. The molecule has 0 aliphatic rings. The van der Waals surface area contributed by atoms with E-state index in [1.165, 1.54) is 11.3 Å². The van der Waals surface area contributed by atoms with Crippen LogP contribution in [-0.2, 0) is 6.54 Å². The maximum absolute atomic E-state index is 4.60. The van der Waals surface area contributed by atoms with E-state index in [4.69, 9.17) is 0 Å². The predicted octanol–water partition coefficient (Wildman–Crippen LogP) is 3.53. The molecule has 1 N–H and O–H groups in total. The Morgan fingerprint density at radius 1 is 1.04 bits per heavy atom. The van der Waals surface area contributed by atoms with E-state index in [1.54, 1.807) is 12.4 Å². The smallest absolute Gasteiger partial charge is 0.163 e. The highest BCUT2D eigenvalue weighted by molar-refractivity contribution is 5.56. The van der Waals surface area contributed by atoms with E-state index >= 15 is 0 Å². The van der Waals surface area contributed by atoms with Crippen LogP contribution in [-0.4, -0.2) is 29.0 Å². The van der Waals surface area contributed by atoms with Gasteiger partial charge in [-0.15, -0.1) is 0 Å². The summed E-state index contributed by atoms with van der Waals surface area (Å²) in [6.45, 7) is 2.68. The fraction of sp³-hybridized carbons (Fsp3) is 0.211. The summed E-state index contributed by atoms with van der Waals surface area (Å²) in [5, 5.41) is 3.39. The Morgan fingerprint density at radius 2 is 1.92 bits per heavy atom. The molecule has 2 heterocycles. The number of hydrogen-bond donors (Lipinski definition) is 1. The molecule has 24 heavy (non-hydrogen) atoms. The van der Waals surface area contributed by atoms with Crippen molar-refractivity contribution >= 4 is 11.5 Å². The van der Waals surface area contributed by atoms with Gasteiger partial charge in [0.2, 0.25) is 0 Å². The van der Waals surface area contributed by atoms with Gasteiger partial charge in [-0.25, -0.2) is 9.97 Å². The van der Waals surface area contributed by atoms with Crippen molar-refractivity contribution in [1.82, 2.24) is 15.0 Å². The highest BCUT2D eigenvalue weighted by Gasteiger charge is 2.05. The summed E-state index contributed by atoms with van der Waals surface area (Å²) in [5.41, 5.74) is 4.23. The molecule has 0 saturated carbocycles. The second kappa shape index (κ2) is 7.08. The summed E-state index contributed by atoms with van der Waals surface area (Å²) in [6.07, 6.45) is 3.52. The molecule has 122 valence electrons. The number of aryl methyl sites for hydroxylation is 1. The van der Waals surface area contributed by atoms with Crippen LogP contribution >= 0.6 is 0 Å². The number of nitrogens with one attached hydrogen (secondary N) is 1. The summed E-state index contributed by atoms with van der Waals surface area (Å²) in [6, 6.07) is 14.2. The Labute approximate surface area is 142 Å². The lowest BCUT2D eigenvalue weighted by Crippen LogP contribution is -2.09. The van der Waals surface area contributed by atoms with Gasteiger partial charge in [-0.2, -0.15) is 0 Å². The SMILES string of the molecule is Cc1cc(NCc2cccc(N(C)C)c2)nc(-c2cccnc2)n1. The van der Waals surface area contributed by atoms with Gasteiger partial charge in [0.1, 0.15) is 5.82 Å². The number of anilines is 2. The molecule has 0 aliphatic heterocycles. The van der Waals surface area contributed by atoms with Crippen molar-refractivity contribution in [2.24, 2.45) is 0 Å². The zero-order valence-corrected chi connectivity index (χ0v) is 14.2. The molecule has 0 spiro atoms. The highest BCUT2D eigenvalue weighted by atomic mass is 15.1. The molecule has 0 atom stereocenters. The molecular weight excluding hydrogens is 298 g/mol. The quantitative estimate of drug-likeness (QED) is 0.780. The van der Waals surface area contributed by atoms with Crippen molar-refractivity contribution in [3.05, 3.63) is 66.1 Å². The first-order valence-corrected chi connectivity index (χ1v) is 7.88. The van der Waals surface area contributed by atoms with Crippen LogP contribution in [0.15, 0.2) is 54.9 Å². The lowest BCUT2D eigenvalue weighted by molar-refractivity contribution is 1.05. The molecule has 0 radical (unpaired) electrons. The van der Waals surface area contributed by atoms with E-state index in [-0.39, 0.29) is 0 Å². The normalized spacial score (nSPS) is 10.5. The number of nitrogens with zero attached hydrogens (tertiary/aromatic N) is 4. The largest absolute Gasteiger partial charge is 0.378 e. The third-order valence-corrected chi connectivity index (χ3v) is 3.67. The van der Waals surface area contributed by atoms with Gasteiger partial charge in [0.15, 0.2) is 5.82 Å². The zero-order chi connectivity index (χ0) is 16.9. The third kappa shape index (κ3) is 3.87. The van der Waals surface area contributed by atoms with Crippen molar-refractivity contribution in [2.75, 3.05) is 24.3 Å². The van der Waals surface area contributed by atoms with Gasteiger partial charge in [-0.05, 0) is 36.8 Å². The molecule has 0 fully saturated rings. The van der Waals surface area contributed by atoms with E-state index in [0.717, 1.165) is 17.1 Å². The molecule has 3 rings (SSSR count). The lowest BCUT2D eigenvalue weighted by atomic mass is 10.2. The van der Waals surface area contributed by atoms with Crippen molar-refractivity contribution in [3.8, 4) is 11.4 Å². The number of pyridine rings is 1. The van der Waals surface area contributed by atoms with Crippen LogP contribution in [0.25, 0.3) is 11.4 Å². The molecule has 0 saturated heterocycles. The average molecular weight is 319 g/mol. The van der Waals surface area contributed by atoms with Gasteiger partial charge in [-0.1, -0.05) is 12.1 Å². The Kier molecular flexibility index (Phi) is 4.70. The molecule has 3 aromatic rings. The molecule has 0 amide bonds. The van der Waals surface area contributed by atoms with Crippen LogP contribution in [0, 0.1) is 6.92 Å². The third-order valence-electron chi connectivity index (χ3n) is 3.67. The number of benzene rings is 1. The summed E-state index contributed by atoms with van der Waals surface area (Å²) in [5.74, 6) is 1.50. The highest BCUT2D eigenvalue weighted by Crippen LogP contribution is 2.18. The second-order valence-electron chi connectivity index (χ2n) is 5.88. The van der Waals surface area contributed by atoms with Crippen LogP contribution in [0.5, 0.6) is 0 Å². The van der Waals surface area contributed by atoms with E-state index in [2.05, 4.69) is 49.4 Å². The number of aromatic nitrogens is 3. The first-order chi connectivity index (χ1) is 11.6. The summed E-state index contributed by atoms with van der Waals surface area (Å²) >= 11 is 0. The van der Waals surface area contributed by atoms with Crippen LogP contribution < -0.4 is 10.2 Å². The lowest BCUT2D eigenvalue weighted by Gasteiger charge is -2.14. The van der Waals surface area contributed by atoms with Crippen molar-refractivity contribution in [1.29, 1.82) is 0 Å². The Hall–Kier alpha value is -2.95. The molecular formula is C19H21N5.